The van der Waals surface area contributed by atoms with Gasteiger partial charge >= 0.3 is 0 Å². The van der Waals surface area contributed by atoms with E-state index in [-0.39, 0.29) is 5.41 Å². The molecule has 20 heavy (non-hydrogen) atoms. The van der Waals surface area contributed by atoms with Gasteiger partial charge in [0.15, 0.2) is 0 Å². The molecule has 0 radical (unpaired) electrons. The Labute approximate surface area is 122 Å². The van der Waals surface area contributed by atoms with Crippen LogP contribution in [0.1, 0.15) is 37.7 Å². The Morgan fingerprint density at radius 3 is 2.45 bits per heavy atom. The van der Waals surface area contributed by atoms with E-state index in [4.69, 9.17) is 5.73 Å². The molecule has 0 atom stereocenters. The maximum absolute atomic E-state index is 6.25. The minimum atomic E-state index is 0.204. The molecule has 2 aliphatic rings. The van der Waals surface area contributed by atoms with E-state index in [9.17, 15) is 0 Å². The summed E-state index contributed by atoms with van der Waals surface area (Å²) in [5.41, 5.74) is 10.7. The Morgan fingerprint density at radius 2 is 1.75 bits per heavy atom. The van der Waals surface area contributed by atoms with Crippen molar-refractivity contribution in [1.82, 2.24) is 0 Å². The van der Waals surface area contributed by atoms with Crippen molar-refractivity contribution >= 4 is 11.4 Å². The standard InChI is InChI=1S/C17H27N3/c1-19-11-12-20(2)16-14(7-6-8-15(16)19)17(13-18)9-4-3-5-10-17/h6-8H,3-5,9-13,18H2,1-2H3. The number of benzene rings is 1. The van der Waals surface area contributed by atoms with Crippen LogP contribution in [0.25, 0.3) is 0 Å². The lowest BCUT2D eigenvalue weighted by Crippen LogP contribution is -2.42. The predicted molar refractivity (Wildman–Crippen MR) is 86.8 cm³/mol. The Kier molecular flexibility index (Phi) is 3.63. The third-order valence-electron chi connectivity index (χ3n) is 5.35. The molecule has 2 N–H and O–H groups in total. The van der Waals surface area contributed by atoms with Crippen LogP contribution < -0.4 is 15.5 Å². The molecule has 0 saturated heterocycles. The van der Waals surface area contributed by atoms with E-state index in [0.29, 0.717) is 0 Å². The molecular formula is C17H27N3. The summed E-state index contributed by atoms with van der Waals surface area (Å²) >= 11 is 0. The number of hydrogen-bond donors (Lipinski definition) is 1. The summed E-state index contributed by atoms with van der Waals surface area (Å²) in [6.45, 7) is 2.98. The van der Waals surface area contributed by atoms with Gasteiger partial charge in [0.25, 0.3) is 0 Å². The van der Waals surface area contributed by atoms with Crippen LogP contribution in [0.4, 0.5) is 11.4 Å². The number of likely N-dealkylation sites (N-methyl/N-ethyl adjacent to an activating group) is 2. The highest BCUT2D eigenvalue weighted by molar-refractivity contribution is 5.77. The number of para-hydroxylation sites is 1. The fourth-order valence-corrected chi connectivity index (χ4v) is 4.01. The summed E-state index contributed by atoms with van der Waals surface area (Å²) in [7, 11) is 4.42. The molecule has 3 nitrogen and oxygen atoms in total. The normalized spacial score (nSPS) is 21.8. The summed E-state index contributed by atoms with van der Waals surface area (Å²) in [6, 6.07) is 6.80. The van der Waals surface area contributed by atoms with E-state index in [1.54, 1.807) is 0 Å². The minimum Gasteiger partial charge on any atom is -0.371 e. The third kappa shape index (κ3) is 2.08. The van der Waals surface area contributed by atoms with Crippen LogP contribution in [-0.2, 0) is 5.41 Å². The second-order valence-electron chi connectivity index (χ2n) is 6.56. The summed E-state index contributed by atoms with van der Waals surface area (Å²) in [6.07, 6.45) is 6.50. The van der Waals surface area contributed by atoms with Crippen LogP contribution in [0, 0.1) is 0 Å². The van der Waals surface area contributed by atoms with Gasteiger partial charge in [0.1, 0.15) is 0 Å². The molecule has 3 heteroatoms. The van der Waals surface area contributed by atoms with Crippen LogP contribution in [0.2, 0.25) is 0 Å². The highest BCUT2D eigenvalue weighted by atomic mass is 15.2. The van der Waals surface area contributed by atoms with E-state index in [2.05, 4.69) is 42.1 Å². The molecule has 1 aliphatic carbocycles. The summed E-state index contributed by atoms with van der Waals surface area (Å²) in [5, 5.41) is 0. The Balaban J connectivity index is 2.11. The fourth-order valence-electron chi connectivity index (χ4n) is 4.01. The van der Waals surface area contributed by atoms with Gasteiger partial charge in [0.05, 0.1) is 11.4 Å². The summed E-state index contributed by atoms with van der Waals surface area (Å²) < 4.78 is 0. The van der Waals surface area contributed by atoms with Crippen LogP contribution in [-0.4, -0.2) is 33.7 Å². The van der Waals surface area contributed by atoms with Crippen molar-refractivity contribution < 1.29 is 0 Å². The zero-order chi connectivity index (χ0) is 14.2. The first-order valence-electron chi connectivity index (χ1n) is 7.94. The summed E-state index contributed by atoms with van der Waals surface area (Å²) in [5.74, 6) is 0. The summed E-state index contributed by atoms with van der Waals surface area (Å²) in [4.78, 5) is 4.81. The molecule has 0 unspecified atom stereocenters. The molecule has 3 rings (SSSR count). The molecular weight excluding hydrogens is 246 g/mol. The molecule has 1 aromatic rings. The largest absolute Gasteiger partial charge is 0.371 e. The number of nitrogens with zero attached hydrogens (tertiary/aromatic N) is 2. The molecule has 1 heterocycles. The zero-order valence-electron chi connectivity index (χ0n) is 12.9. The van der Waals surface area contributed by atoms with Crippen molar-refractivity contribution in [2.24, 2.45) is 5.73 Å². The van der Waals surface area contributed by atoms with Gasteiger partial charge in [0.2, 0.25) is 0 Å². The minimum absolute atomic E-state index is 0.204. The highest BCUT2D eigenvalue weighted by Crippen LogP contribution is 2.46. The van der Waals surface area contributed by atoms with Crippen LogP contribution in [0.5, 0.6) is 0 Å². The number of nitrogens with two attached hydrogens (primary N) is 1. The topological polar surface area (TPSA) is 32.5 Å². The predicted octanol–water partition coefficient (Wildman–Crippen LogP) is 2.73. The van der Waals surface area contributed by atoms with Crippen LogP contribution in [0.15, 0.2) is 18.2 Å². The first kappa shape index (κ1) is 13.7. The van der Waals surface area contributed by atoms with E-state index in [1.165, 1.54) is 49.0 Å². The van der Waals surface area contributed by atoms with Crippen molar-refractivity contribution in [3.8, 4) is 0 Å². The number of fused-ring (bicyclic) bond motifs is 1. The van der Waals surface area contributed by atoms with Crippen molar-refractivity contribution in [1.29, 1.82) is 0 Å². The van der Waals surface area contributed by atoms with Gasteiger partial charge in [-0.1, -0.05) is 31.4 Å². The van der Waals surface area contributed by atoms with Gasteiger partial charge < -0.3 is 15.5 Å². The third-order valence-corrected chi connectivity index (χ3v) is 5.35. The molecule has 0 amide bonds. The number of anilines is 2. The fraction of sp³-hybridized carbons (Fsp3) is 0.647. The first-order valence-corrected chi connectivity index (χ1v) is 7.94. The maximum atomic E-state index is 6.25. The molecule has 110 valence electrons. The molecule has 1 fully saturated rings. The van der Waals surface area contributed by atoms with E-state index >= 15 is 0 Å². The van der Waals surface area contributed by atoms with Gasteiger partial charge in [-0.3, -0.25) is 0 Å². The Bertz CT molecular complexity index is 477. The van der Waals surface area contributed by atoms with Crippen LogP contribution >= 0.6 is 0 Å². The Hall–Kier alpha value is -1.22. The van der Waals surface area contributed by atoms with E-state index < -0.39 is 0 Å². The van der Waals surface area contributed by atoms with Crippen molar-refractivity contribution in [3.63, 3.8) is 0 Å². The molecule has 0 aromatic heterocycles. The Morgan fingerprint density at radius 1 is 1.05 bits per heavy atom. The molecule has 0 bridgehead atoms. The first-order chi connectivity index (χ1) is 9.68. The van der Waals surface area contributed by atoms with Crippen molar-refractivity contribution in [2.75, 3.05) is 43.5 Å². The lowest BCUT2D eigenvalue weighted by molar-refractivity contribution is 0.301. The van der Waals surface area contributed by atoms with Gasteiger partial charge in [-0.25, -0.2) is 0 Å². The van der Waals surface area contributed by atoms with Crippen LogP contribution in [0.3, 0.4) is 0 Å². The maximum Gasteiger partial charge on any atom is 0.0640 e. The average Bonchev–Trinajstić information content (AvgIpc) is 2.51. The van der Waals surface area contributed by atoms with Gasteiger partial charge in [0, 0.05) is 39.1 Å². The molecule has 0 spiro atoms. The van der Waals surface area contributed by atoms with Crippen molar-refractivity contribution in [3.05, 3.63) is 23.8 Å². The zero-order valence-corrected chi connectivity index (χ0v) is 12.9. The van der Waals surface area contributed by atoms with E-state index in [0.717, 1.165) is 19.6 Å². The lowest BCUT2D eigenvalue weighted by Gasteiger charge is -2.43. The van der Waals surface area contributed by atoms with E-state index in [1.807, 2.05) is 0 Å². The average molecular weight is 273 g/mol. The number of rotatable bonds is 2. The van der Waals surface area contributed by atoms with Gasteiger partial charge in [-0.05, 0) is 24.5 Å². The second kappa shape index (κ2) is 5.28. The molecule has 1 aromatic carbocycles. The second-order valence-corrected chi connectivity index (χ2v) is 6.56. The quantitative estimate of drug-likeness (QED) is 0.899. The van der Waals surface area contributed by atoms with Gasteiger partial charge in [-0.15, -0.1) is 0 Å². The molecule has 1 aliphatic heterocycles. The van der Waals surface area contributed by atoms with Gasteiger partial charge in [-0.2, -0.15) is 0 Å². The SMILES string of the molecule is CN1CCN(C)c2c1cccc2C1(CN)CCCCC1. The smallest absolute Gasteiger partial charge is 0.0640 e. The van der Waals surface area contributed by atoms with Crippen molar-refractivity contribution in [2.45, 2.75) is 37.5 Å². The monoisotopic (exact) mass is 273 g/mol. The number of hydrogen-bond acceptors (Lipinski definition) is 3. The lowest BCUT2D eigenvalue weighted by atomic mass is 9.68. The highest BCUT2D eigenvalue weighted by Gasteiger charge is 2.36. The molecule has 1 saturated carbocycles.